The topological polar surface area (TPSA) is 62.6 Å². The molecular formula is C18H23FN5O+. The summed E-state index contributed by atoms with van der Waals surface area (Å²) in [5, 5.41) is 2.99. The number of nitrogens with one attached hydrogen (secondary N) is 2. The molecule has 3 rings (SSSR count). The van der Waals surface area contributed by atoms with Crippen LogP contribution < -0.4 is 15.1 Å². The van der Waals surface area contributed by atoms with Crippen LogP contribution in [0.25, 0.3) is 0 Å². The third-order valence-electron chi connectivity index (χ3n) is 4.46. The fraction of sp³-hybridized carbons (Fsp3) is 0.389. The van der Waals surface area contributed by atoms with E-state index in [0.29, 0.717) is 6.54 Å². The third kappa shape index (κ3) is 4.73. The molecule has 0 aliphatic carbocycles. The first kappa shape index (κ1) is 17.3. The highest BCUT2D eigenvalue weighted by atomic mass is 19.1. The van der Waals surface area contributed by atoms with Gasteiger partial charge in [0.25, 0.3) is 5.91 Å². The highest BCUT2D eigenvalue weighted by Gasteiger charge is 2.24. The Morgan fingerprint density at radius 1 is 1.24 bits per heavy atom. The number of carbonyl (C=O) groups is 1. The number of hydrogen-bond donors (Lipinski definition) is 2. The van der Waals surface area contributed by atoms with Crippen molar-refractivity contribution >= 4 is 11.9 Å². The van der Waals surface area contributed by atoms with E-state index in [1.165, 1.54) is 17.0 Å². The number of quaternary nitrogens is 1. The Bertz CT molecular complexity index is 686. The second-order valence-corrected chi connectivity index (χ2v) is 6.30. The third-order valence-corrected chi connectivity index (χ3v) is 4.46. The first-order valence-corrected chi connectivity index (χ1v) is 8.52. The van der Waals surface area contributed by atoms with Crippen LogP contribution in [0.2, 0.25) is 0 Å². The van der Waals surface area contributed by atoms with Gasteiger partial charge >= 0.3 is 0 Å². The number of halogens is 1. The van der Waals surface area contributed by atoms with E-state index in [1.54, 1.807) is 30.6 Å². The van der Waals surface area contributed by atoms with Gasteiger partial charge in [0.2, 0.25) is 5.95 Å². The van der Waals surface area contributed by atoms with Crippen LogP contribution in [-0.2, 0) is 4.79 Å². The van der Waals surface area contributed by atoms with Crippen molar-refractivity contribution in [3.8, 4) is 0 Å². The molecule has 132 valence electrons. The van der Waals surface area contributed by atoms with Gasteiger partial charge < -0.3 is 15.1 Å². The van der Waals surface area contributed by atoms with Crippen molar-refractivity contribution in [2.24, 2.45) is 0 Å². The predicted octanol–water partition coefficient (Wildman–Crippen LogP) is 0.198. The second-order valence-electron chi connectivity index (χ2n) is 6.30. The Labute approximate surface area is 146 Å². The lowest BCUT2D eigenvalue weighted by molar-refractivity contribution is -0.892. The number of benzene rings is 1. The lowest BCUT2D eigenvalue weighted by Gasteiger charge is -2.31. The summed E-state index contributed by atoms with van der Waals surface area (Å²) in [5.41, 5.74) is 0.899. The highest BCUT2D eigenvalue weighted by molar-refractivity contribution is 5.77. The predicted molar refractivity (Wildman–Crippen MR) is 92.8 cm³/mol. The molecule has 0 unspecified atom stereocenters. The molecule has 0 bridgehead atoms. The maximum absolute atomic E-state index is 13.0. The zero-order valence-corrected chi connectivity index (χ0v) is 14.3. The summed E-state index contributed by atoms with van der Waals surface area (Å²) in [7, 11) is 0. The van der Waals surface area contributed by atoms with Crippen molar-refractivity contribution < 1.29 is 14.1 Å². The lowest BCUT2D eigenvalue weighted by atomic mass is 10.1. The van der Waals surface area contributed by atoms with E-state index in [9.17, 15) is 9.18 Å². The van der Waals surface area contributed by atoms with Crippen molar-refractivity contribution in [3.63, 3.8) is 0 Å². The van der Waals surface area contributed by atoms with Gasteiger partial charge in [0.1, 0.15) is 5.82 Å². The van der Waals surface area contributed by atoms with Gasteiger partial charge in [-0.05, 0) is 30.7 Å². The van der Waals surface area contributed by atoms with Gasteiger partial charge in [-0.2, -0.15) is 0 Å². The first-order valence-electron chi connectivity index (χ1n) is 8.52. The van der Waals surface area contributed by atoms with Crippen molar-refractivity contribution in [2.75, 3.05) is 37.6 Å². The maximum atomic E-state index is 13.0. The lowest BCUT2D eigenvalue weighted by Crippen LogP contribution is -3.16. The van der Waals surface area contributed by atoms with E-state index in [2.05, 4.69) is 20.2 Å². The molecule has 7 heteroatoms. The Balaban J connectivity index is 1.45. The summed E-state index contributed by atoms with van der Waals surface area (Å²) in [6.45, 7) is 5.76. The molecule has 2 heterocycles. The first-order chi connectivity index (χ1) is 12.1. The van der Waals surface area contributed by atoms with Crippen molar-refractivity contribution in [3.05, 3.63) is 54.1 Å². The number of amides is 1. The van der Waals surface area contributed by atoms with Crippen molar-refractivity contribution in [1.82, 2.24) is 15.3 Å². The minimum Gasteiger partial charge on any atom is -0.345 e. The van der Waals surface area contributed by atoms with E-state index in [1.807, 2.05) is 6.92 Å². The van der Waals surface area contributed by atoms with Gasteiger partial charge in [0.05, 0.1) is 32.2 Å². The minimum absolute atomic E-state index is 0.0104. The molecular weight excluding hydrogens is 321 g/mol. The van der Waals surface area contributed by atoms with Crippen LogP contribution in [0.3, 0.4) is 0 Å². The molecule has 1 aromatic carbocycles. The monoisotopic (exact) mass is 344 g/mol. The zero-order chi connectivity index (χ0) is 17.6. The quantitative estimate of drug-likeness (QED) is 0.813. The van der Waals surface area contributed by atoms with Crippen LogP contribution in [0.1, 0.15) is 18.5 Å². The Morgan fingerprint density at radius 3 is 2.52 bits per heavy atom. The normalized spacial score (nSPS) is 16.5. The van der Waals surface area contributed by atoms with E-state index >= 15 is 0 Å². The number of aromatic nitrogens is 2. The van der Waals surface area contributed by atoms with Crippen LogP contribution in [0.4, 0.5) is 10.3 Å². The molecule has 2 aromatic rings. The SMILES string of the molecule is C[C@@H](NC(=O)C[NH+]1CCN(c2ncccn2)CC1)c1ccc(F)cc1. The molecule has 1 aliphatic rings. The minimum atomic E-state index is -0.271. The molecule has 1 amide bonds. The fourth-order valence-electron chi connectivity index (χ4n) is 3.01. The molecule has 25 heavy (non-hydrogen) atoms. The summed E-state index contributed by atoms with van der Waals surface area (Å²) in [6, 6.07) is 7.89. The van der Waals surface area contributed by atoms with Gasteiger partial charge in [0, 0.05) is 12.4 Å². The maximum Gasteiger partial charge on any atom is 0.275 e. The molecule has 1 atom stereocenters. The van der Waals surface area contributed by atoms with Crippen molar-refractivity contribution in [2.45, 2.75) is 13.0 Å². The highest BCUT2D eigenvalue weighted by Crippen LogP contribution is 2.12. The summed E-state index contributed by atoms with van der Waals surface area (Å²) >= 11 is 0. The number of carbonyl (C=O) groups excluding carboxylic acids is 1. The number of hydrogen-bond acceptors (Lipinski definition) is 4. The van der Waals surface area contributed by atoms with Gasteiger partial charge in [-0.25, -0.2) is 14.4 Å². The second kappa shape index (κ2) is 8.02. The Hall–Kier alpha value is -2.54. The van der Waals surface area contributed by atoms with Crippen LogP contribution >= 0.6 is 0 Å². The largest absolute Gasteiger partial charge is 0.345 e. The van der Waals surface area contributed by atoms with Crippen LogP contribution in [0, 0.1) is 5.82 Å². The van der Waals surface area contributed by atoms with Gasteiger partial charge in [-0.15, -0.1) is 0 Å². The molecule has 6 nitrogen and oxygen atoms in total. The summed E-state index contributed by atoms with van der Waals surface area (Å²) < 4.78 is 13.0. The molecule has 0 spiro atoms. The molecule has 0 saturated carbocycles. The fourth-order valence-corrected chi connectivity index (χ4v) is 3.01. The molecule has 1 aliphatic heterocycles. The average molecular weight is 344 g/mol. The number of piperazine rings is 1. The van der Waals surface area contributed by atoms with E-state index in [-0.39, 0.29) is 17.8 Å². The van der Waals surface area contributed by atoms with Crippen LogP contribution in [0.15, 0.2) is 42.7 Å². The summed E-state index contributed by atoms with van der Waals surface area (Å²) in [4.78, 5) is 24.2. The Morgan fingerprint density at radius 2 is 1.88 bits per heavy atom. The van der Waals surface area contributed by atoms with E-state index in [0.717, 1.165) is 37.7 Å². The number of rotatable bonds is 5. The standard InChI is InChI=1S/C18H22FN5O/c1-14(15-3-5-16(19)6-4-15)22-17(25)13-23-9-11-24(12-10-23)18-20-7-2-8-21-18/h2-8,14H,9-13H2,1H3,(H,22,25)/p+1/t14-/m1/s1. The summed E-state index contributed by atoms with van der Waals surface area (Å²) in [5.74, 6) is 0.485. The zero-order valence-electron chi connectivity index (χ0n) is 14.3. The van der Waals surface area contributed by atoms with Crippen LogP contribution in [0.5, 0.6) is 0 Å². The molecule has 0 radical (unpaired) electrons. The van der Waals surface area contributed by atoms with Crippen molar-refractivity contribution in [1.29, 1.82) is 0 Å². The average Bonchev–Trinajstić information content (AvgIpc) is 2.63. The number of anilines is 1. The van der Waals surface area contributed by atoms with Gasteiger partial charge in [-0.1, -0.05) is 12.1 Å². The molecule has 2 N–H and O–H groups in total. The molecule has 1 fully saturated rings. The van der Waals surface area contributed by atoms with Crippen LogP contribution in [-0.4, -0.2) is 48.6 Å². The van der Waals surface area contributed by atoms with E-state index < -0.39 is 0 Å². The van der Waals surface area contributed by atoms with Gasteiger partial charge in [0.15, 0.2) is 6.54 Å². The smallest absolute Gasteiger partial charge is 0.275 e. The van der Waals surface area contributed by atoms with E-state index in [4.69, 9.17) is 0 Å². The number of nitrogens with zero attached hydrogens (tertiary/aromatic N) is 3. The Kier molecular flexibility index (Phi) is 5.55. The summed E-state index contributed by atoms with van der Waals surface area (Å²) in [6.07, 6.45) is 3.48. The van der Waals surface area contributed by atoms with Gasteiger partial charge in [-0.3, -0.25) is 4.79 Å². The molecule has 1 aromatic heterocycles. The molecule has 1 saturated heterocycles.